The molecule has 5 nitrogen and oxygen atoms in total. The molecule has 1 atom stereocenters. The molecule has 1 aliphatic rings. The van der Waals surface area contributed by atoms with Crippen molar-refractivity contribution in [2.75, 3.05) is 46.2 Å². The van der Waals surface area contributed by atoms with Crippen molar-refractivity contribution in [2.24, 2.45) is 10.9 Å². The van der Waals surface area contributed by atoms with Gasteiger partial charge in [-0.15, -0.1) is 35.7 Å². The molecule has 27 heavy (non-hydrogen) atoms. The highest BCUT2D eigenvalue weighted by molar-refractivity contribution is 14.0. The maximum atomic E-state index is 5.49. The van der Waals surface area contributed by atoms with Gasteiger partial charge < -0.3 is 15.4 Å². The number of morpholine rings is 1. The van der Waals surface area contributed by atoms with Crippen LogP contribution in [0, 0.1) is 12.8 Å². The summed E-state index contributed by atoms with van der Waals surface area (Å²) < 4.78 is 5.49. The molecule has 0 bridgehead atoms. The van der Waals surface area contributed by atoms with Crippen LogP contribution in [0.15, 0.2) is 28.1 Å². The summed E-state index contributed by atoms with van der Waals surface area (Å²) in [5.74, 6) is 1.44. The van der Waals surface area contributed by atoms with E-state index in [4.69, 9.17) is 4.74 Å². The Bertz CT molecular complexity index is 591. The minimum absolute atomic E-state index is 0. The summed E-state index contributed by atoms with van der Waals surface area (Å²) in [6.07, 6.45) is 2.13. The molecule has 1 unspecified atom stereocenters. The van der Waals surface area contributed by atoms with E-state index < -0.39 is 0 Å². The zero-order valence-corrected chi connectivity index (χ0v) is 20.4. The molecule has 1 saturated heterocycles. The summed E-state index contributed by atoms with van der Waals surface area (Å²) >= 11 is 1.79. The molecular weight excluding hydrogens is 471 g/mol. The maximum Gasteiger partial charge on any atom is 0.191 e. The van der Waals surface area contributed by atoms with Gasteiger partial charge in [0.15, 0.2) is 5.96 Å². The minimum atomic E-state index is 0. The predicted molar refractivity (Wildman–Crippen MR) is 128 cm³/mol. The van der Waals surface area contributed by atoms with Crippen LogP contribution in [-0.4, -0.2) is 63.1 Å². The highest BCUT2D eigenvalue weighted by Gasteiger charge is 2.23. The fourth-order valence-electron chi connectivity index (χ4n) is 3.29. The molecule has 1 aliphatic heterocycles. The van der Waals surface area contributed by atoms with Gasteiger partial charge >= 0.3 is 0 Å². The first kappa shape index (κ1) is 24.5. The van der Waals surface area contributed by atoms with E-state index in [1.54, 1.807) is 11.8 Å². The number of nitrogens with one attached hydrogen (secondary N) is 2. The average molecular weight is 506 g/mol. The number of hydrogen-bond acceptors (Lipinski definition) is 4. The van der Waals surface area contributed by atoms with Gasteiger partial charge in [0.1, 0.15) is 0 Å². The smallest absolute Gasteiger partial charge is 0.191 e. The molecule has 2 N–H and O–H groups in total. The first-order chi connectivity index (χ1) is 12.5. The molecule has 154 valence electrons. The van der Waals surface area contributed by atoms with Gasteiger partial charge in [-0.1, -0.05) is 26.0 Å². The summed E-state index contributed by atoms with van der Waals surface area (Å²) in [4.78, 5) is 8.25. The summed E-state index contributed by atoms with van der Waals surface area (Å²) in [5.41, 5.74) is 2.60. The lowest BCUT2D eigenvalue weighted by Crippen LogP contribution is -2.52. The number of halogens is 1. The molecule has 0 amide bonds. The zero-order chi connectivity index (χ0) is 18.9. The Morgan fingerprint density at radius 1 is 1.26 bits per heavy atom. The quantitative estimate of drug-likeness (QED) is 0.257. The van der Waals surface area contributed by atoms with Gasteiger partial charge in [-0.3, -0.25) is 9.89 Å². The zero-order valence-electron chi connectivity index (χ0n) is 17.2. The lowest BCUT2D eigenvalue weighted by Gasteiger charge is -2.37. The molecule has 1 aromatic carbocycles. The largest absolute Gasteiger partial charge is 0.379 e. The van der Waals surface area contributed by atoms with Crippen LogP contribution < -0.4 is 10.6 Å². The Kier molecular flexibility index (Phi) is 11.7. The number of aryl methyl sites for hydroxylation is 1. The number of nitrogens with zero attached hydrogens (tertiary/aromatic N) is 2. The van der Waals surface area contributed by atoms with E-state index in [9.17, 15) is 0 Å². The highest BCUT2D eigenvalue weighted by Crippen LogP contribution is 2.21. The van der Waals surface area contributed by atoms with Gasteiger partial charge in [-0.05, 0) is 36.3 Å². The third-order valence-electron chi connectivity index (χ3n) is 4.88. The molecule has 1 fully saturated rings. The van der Waals surface area contributed by atoms with Crippen molar-refractivity contribution >= 4 is 41.7 Å². The van der Waals surface area contributed by atoms with Gasteiger partial charge in [0.25, 0.3) is 0 Å². The molecule has 0 aromatic heterocycles. The Labute approximate surface area is 186 Å². The van der Waals surface area contributed by atoms with Crippen molar-refractivity contribution < 1.29 is 4.74 Å². The van der Waals surface area contributed by atoms with Crippen molar-refractivity contribution in [3.63, 3.8) is 0 Å². The van der Waals surface area contributed by atoms with Gasteiger partial charge in [0, 0.05) is 44.2 Å². The highest BCUT2D eigenvalue weighted by atomic mass is 127. The molecule has 7 heteroatoms. The second-order valence-corrected chi connectivity index (χ2v) is 7.93. The molecule has 1 aromatic rings. The van der Waals surface area contributed by atoms with Crippen molar-refractivity contribution in [1.29, 1.82) is 0 Å². The average Bonchev–Trinajstić information content (AvgIpc) is 2.65. The monoisotopic (exact) mass is 506 g/mol. The van der Waals surface area contributed by atoms with Crippen LogP contribution >= 0.6 is 35.7 Å². The van der Waals surface area contributed by atoms with Crippen LogP contribution in [0.3, 0.4) is 0 Å². The summed E-state index contributed by atoms with van der Waals surface area (Å²) in [5, 5.41) is 6.98. The van der Waals surface area contributed by atoms with Crippen LogP contribution in [0.2, 0.25) is 0 Å². The molecule has 2 rings (SSSR count). The fourth-order valence-corrected chi connectivity index (χ4v) is 4.00. The summed E-state index contributed by atoms with van der Waals surface area (Å²) in [6, 6.07) is 7.09. The van der Waals surface area contributed by atoms with Gasteiger partial charge in [0.2, 0.25) is 0 Å². The molecular formula is C20H35IN4OS. The van der Waals surface area contributed by atoms with Crippen LogP contribution in [0.1, 0.15) is 25.0 Å². The molecule has 0 saturated carbocycles. The van der Waals surface area contributed by atoms with E-state index in [0.717, 1.165) is 45.4 Å². The van der Waals surface area contributed by atoms with Gasteiger partial charge in [0.05, 0.1) is 13.2 Å². The topological polar surface area (TPSA) is 48.9 Å². The van der Waals surface area contributed by atoms with E-state index >= 15 is 0 Å². The lowest BCUT2D eigenvalue weighted by molar-refractivity contribution is 0.00752. The number of benzene rings is 1. The SMILES string of the molecule is CN=C(NCc1ccc(C)cc1SC)NCC(C(C)C)N1CCOCC1.I. The van der Waals surface area contributed by atoms with Crippen LogP contribution in [-0.2, 0) is 11.3 Å². The van der Waals surface area contributed by atoms with Crippen LogP contribution in [0.25, 0.3) is 0 Å². The third-order valence-corrected chi connectivity index (χ3v) is 5.70. The molecule has 0 spiro atoms. The molecule has 0 radical (unpaired) electrons. The minimum Gasteiger partial charge on any atom is -0.379 e. The predicted octanol–water partition coefficient (Wildman–Crippen LogP) is 3.36. The van der Waals surface area contributed by atoms with E-state index in [1.807, 2.05) is 7.05 Å². The van der Waals surface area contributed by atoms with Crippen LogP contribution in [0.5, 0.6) is 0 Å². The van der Waals surface area contributed by atoms with Crippen molar-refractivity contribution in [1.82, 2.24) is 15.5 Å². The second-order valence-electron chi connectivity index (χ2n) is 7.08. The van der Waals surface area contributed by atoms with Crippen molar-refractivity contribution in [3.8, 4) is 0 Å². The van der Waals surface area contributed by atoms with Gasteiger partial charge in [-0.25, -0.2) is 0 Å². The Balaban J connectivity index is 0.00000364. The van der Waals surface area contributed by atoms with Crippen LogP contribution in [0.4, 0.5) is 0 Å². The summed E-state index contributed by atoms with van der Waals surface area (Å²) in [7, 11) is 1.83. The number of aliphatic imine (C=N–C) groups is 1. The first-order valence-electron chi connectivity index (χ1n) is 9.45. The number of guanidine groups is 1. The van der Waals surface area contributed by atoms with E-state index in [1.165, 1.54) is 16.0 Å². The third kappa shape index (κ3) is 7.79. The first-order valence-corrected chi connectivity index (χ1v) is 10.7. The fraction of sp³-hybridized carbons (Fsp3) is 0.650. The Morgan fingerprint density at radius 2 is 1.96 bits per heavy atom. The molecule has 0 aliphatic carbocycles. The number of hydrogen-bond donors (Lipinski definition) is 2. The van der Waals surface area contributed by atoms with E-state index in [0.29, 0.717) is 12.0 Å². The Hall–Kier alpha value is -0.510. The standard InChI is InChI=1S/C20H34N4OS.HI/c1-15(2)18(24-8-10-25-11-9-24)14-23-20(21-4)22-13-17-7-6-16(3)12-19(17)26-5;/h6-7,12,15,18H,8-11,13-14H2,1-5H3,(H2,21,22,23);1H. The lowest BCUT2D eigenvalue weighted by atomic mass is 10.0. The number of thioether (sulfide) groups is 1. The maximum absolute atomic E-state index is 5.49. The van der Waals surface area contributed by atoms with Gasteiger partial charge in [-0.2, -0.15) is 0 Å². The second kappa shape index (κ2) is 12.9. The van der Waals surface area contributed by atoms with Crippen molar-refractivity contribution in [3.05, 3.63) is 29.3 Å². The summed E-state index contributed by atoms with van der Waals surface area (Å²) in [6.45, 7) is 12.1. The van der Waals surface area contributed by atoms with E-state index in [2.05, 4.69) is 65.8 Å². The Morgan fingerprint density at radius 3 is 2.56 bits per heavy atom. The van der Waals surface area contributed by atoms with Crippen molar-refractivity contribution in [2.45, 2.75) is 38.3 Å². The number of rotatable bonds is 7. The number of ether oxygens (including phenoxy) is 1. The molecule has 1 heterocycles. The van der Waals surface area contributed by atoms with E-state index in [-0.39, 0.29) is 24.0 Å². The normalized spacial score (nSPS) is 16.7.